The van der Waals surface area contributed by atoms with Gasteiger partial charge in [-0.25, -0.2) is 0 Å². The highest BCUT2D eigenvalue weighted by Crippen LogP contribution is 1.96. The molecule has 0 radical (unpaired) electrons. The molecule has 0 bridgehead atoms. The number of hydrogen-bond acceptors (Lipinski definition) is 5. The maximum Gasteiger partial charge on any atom is 0.240 e. The highest BCUT2D eigenvalue weighted by atomic mass is 16.5. The largest absolute Gasteiger partial charge is 0.338 e. The van der Waals surface area contributed by atoms with E-state index in [4.69, 9.17) is 4.52 Å². The third-order valence-electron chi connectivity index (χ3n) is 2.13. The number of aromatic nitrogens is 3. The minimum absolute atomic E-state index is 0.605. The van der Waals surface area contributed by atoms with Crippen LogP contribution in [-0.4, -0.2) is 21.7 Å². The van der Waals surface area contributed by atoms with Crippen LogP contribution in [0.15, 0.2) is 28.9 Å². The first-order valence-corrected chi connectivity index (χ1v) is 5.24. The highest BCUT2D eigenvalue weighted by molar-refractivity contribution is 5.03. The summed E-state index contributed by atoms with van der Waals surface area (Å²) in [5.74, 6) is 1.29. The zero-order valence-electron chi connectivity index (χ0n) is 9.18. The Balaban J connectivity index is 1.69. The molecule has 2 rings (SSSR count). The zero-order valence-corrected chi connectivity index (χ0v) is 9.18. The van der Waals surface area contributed by atoms with E-state index in [1.165, 1.54) is 0 Å². The van der Waals surface area contributed by atoms with Gasteiger partial charge in [-0.1, -0.05) is 11.2 Å². The van der Waals surface area contributed by atoms with Crippen molar-refractivity contribution >= 4 is 0 Å². The Labute approximate surface area is 93.9 Å². The number of aryl methyl sites for hydroxylation is 1. The molecule has 0 unspecified atom stereocenters. The van der Waals surface area contributed by atoms with Gasteiger partial charge in [-0.15, -0.1) is 0 Å². The van der Waals surface area contributed by atoms with Gasteiger partial charge in [0, 0.05) is 24.9 Å². The molecule has 2 aromatic heterocycles. The smallest absolute Gasteiger partial charge is 0.240 e. The lowest BCUT2D eigenvalue weighted by Crippen LogP contribution is -2.17. The van der Waals surface area contributed by atoms with Crippen molar-refractivity contribution in [3.8, 4) is 0 Å². The number of hydrogen-bond donors (Lipinski definition) is 1. The second-order valence-corrected chi connectivity index (χ2v) is 3.48. The molecule has 0 fully saturated rings. The Bertz CT molecular complexity index is 427. The minimum Gasteiger partial charge on any atom is -0.338 e. The molecule has 1 N–H and O–H groups in total. The highest BCUT2D eigenvalue weighted by Gasteiger charge is 2.01. The average Bonchev–Trinajstić information content (AvgIpc) is 2.72. The Morgan fingerprint density at radius 3 is 3.00 bits per heavy atom. The van der Waals surface area contributed by atoms with E-state index in [1.54, 1.807) is 13.1 Å². The molecule has 0 aromatic carbocycles. The van der Waals surface area contributed by atoms with Gasteiger partial charge >= 0.3 is 0 Å². The van der Waals surface area contributed by atoms with Crippen LogP contribution in [0.5, 0.6) is 0 Å². The Hall–Kier alpha value is -1.75. The van der Waals surface area contributed by atoms with E-state index < -0.39 is 0 Å². The van der Waals surface area contributed by atoms with Crippen LogP contribution in [0.4, 0.5) is 0 Å². The molecule has 0 spiro atoms. The quantitative estimate of drug-likeness (QED) is 0.761. The predicted octanol–water partition coefficient (Wildman–Crippen LogP) is 1.11. The van der Waals surface area contributed by atoms with Gasteiger partial charge in [-0.05, 0) is 19.1 Å². The Morgan fingerprint density at radius 1 is 1.38 bits per heavy atom. The van der Waals surface area contributed by atoms with E-state index >= 15 is 0 Å². The molecule has 0 saturated heterocycles. The van der Waals surface area contributed by atoms with E-state index in [9.17, 15) is 0 Å². The van der Waals surface area contributed by atoms with Gasteiger partial charge in [0.1, 0.15) is 0 Å². The van der Waals surface area contributed by atoms with Crippen LogP contribution in [0.2, 0.25) is 0 Å². The normalized spacial score (nSPS) is 10.6. The van der Waals surface area contributed by atoms with Crippen LogP contribution in [0, 0.1) is 6.92 Å². The van der Waals surface area contributed by atoms with E-state index in [1.807, 2.05) is 18.2 Å². The van der Waals surface area contributed by atoms with Crippen LogP contribution in [0.3, 0.4) is 0 Å². The van der Waals surface area contributed by atoms with Gasteiger partial charge in [0.05, 0.1) is 6.54 Å². The number of nitrogens with one attached hydrogen (secondary N) is 1. The molecular weight excluding hydrogens is 204 g/mol. The van der Waals surface area contributed by atoms with Gasteiger partial charge in [0.25, 0.3) is 0 Å². The van der Waals surface area contributed by atoms with E-state index in [2.05, 4.69) is 20.4 Å². The third kappa shape index (κ3) is 3.13. The minimum atomic E-state index is 0.605. The molecule has 0 atom stereocenters. The van der Waals surface area contributed by atoms with E-state index in [0.717, 1.165) is 18.7 Å². The molecule has 0 aliphatic rings. The van der Waals surface area contributed by atoms with Gasteiger partial charge in [-0.3, -0.25) is 4.98 Å². The Kier molecular flexibility index (Phi) is 3.61. The lowest BCUT2D eigenvalue weighted by molar-refractivity contribution is 0.364. The summed E-state index contributed by atoms with van der Waals surface area (Å²) in [7, 11) is 0. The second kappa shape index (κ2) is 5.37. The van der Waals surface area contributed by atoms with Crippen LogP contribution < -0.4 is 5.32 Å². The lowest BCUT2D eigenvalue weighted by atomic mass is 10.3. The summed E-state index contributed by atoms with van der Waals surface area (Å²) < 4.78 is 4.98. The zero-order chi connectivity index (χ0) is 11.2. The first-order valence-electron chi connectivity index (χ1n) is 5.24. The van der Waals surface area contributed by atoms with Crippen molar-refractivity contribution in [1.29, 1.82) is 0 Å². The summed E-state index contributed by atoms with van der Waals surface area (Å²) in [5, 5.41) is 6.94. The van der Waals surface area contributed by atoms with E-state index in [0.29, 0.717) is 18.3 Å². The monoisotopic (exact) mass is 218 g/mol. The molecule has 0 aliphatic heterocycles. The number of pyridine rings is 1. The molecule has 2 heterocycles. The molecule has 16 heavy (non-hydrogen) atoms. The fourth-order valence-electron chi connectivity index (χ4n) is 1.37. The standard InChI is InChI=1S/C11H14N4O/c1-9-14-11(16-15-9)8-12-7-5-10-4-2-3-6-13-10/h2-4,6,12H,5,7-8H2,1H3. The maximum absolute atomic E-state index is 4.98. The summed E-state index contributed by atoms with van der Waals surface area (Å²) in [5.41, 5.74) is 1.08. The number of rotatable bonds is 5. The molecule has 0 amide bonds. The summed E-state index contributed by atoms with van der Waals surface area (Å²) in [4.78, 5) is 8.34. The van der Waals surface area contributed by atoms with Crippen molar-refractivity contribution in [3.05, 3.63) is 41.8 Å². The van der Waals surface area contributed by atoms with Gasteiger partial charge < -0.3 is 9.84 Å². The molecule has 84 valence electrons. The third-order valence-corrected chi connectivity index (χ3v) is 2.13. The fourth-order valence-corrected chi connectivity index (χ4v) is 1.37. The molecule has 5 nitrogen and oxygen atoms in total. The topological polar surface area (TPSA) is 63.8 Å². The van der Waals surface area contributed by atoms with Crippen molar-refractivity contribution in [1.82, 2.24) is 20.4 Å². The van der Waals surface area contributed by atoms with Crippen molar-refractivity contribution < 1.29 is 4.52 Å². The summed E-state index contributed by atoms with van der Waals surface area (Å²) in [6, 6.07) is 5.92. The summed E-state index contributed by atoms with van der Waals surface area (Å²) in [6.07, 6.45) is 2.70. The second-order valence-electron chi connectivity index (χ2n) is 3.48. The van der Waals surface area contributed by atoms with E-state index in [-0.39, 0.29) is 0 Å². The van der Waals surface area contributed by atoms with Gasteiger partial charge in [0.2, 0.25) is 5.89 Å². The molecule has 2 aromatic rings. The molecule has 0 saturated carbocycles. The first kappa shape index (κ1) is 10.8. The fraction of sp³-hybridized carbons (Fsp3) is 0.364. The van der Waals surface area contributed by atoms with Crippen LogP contribution in [0.1, 0.15) is 17.4 Å². The summed E-state index contributed by atoms with van der Waals surface area (Å²) in [6.45, 7) is 3.26. The van der Waals surface area contributed by atoms with Crippen LogP contribution in [0.25, 0.3) is 0 Å². The number of nitrogens with zero attached hydrogens (tertiary/aromatic N) is 3. The van der Waals surface area contributed by atoms with Gasteiger partial charge in [0.15, 0.2) is 5.82 Å². The molecule has 5 heteroatoms. The first-order chi connectivity index (χ1) is 7.84. The lowest BCUT2D eigenvalue weighted by Gasteiger charge is -2.00. The van der Waals surface area contributed by atoms with Crippen LogP contribution in [-0.2, 0) is 13.0 Å². The average molecular weight is 218 g/mol. The molecular formula is C11H14N4O. The van der Waals surface area contributed by atoms with Gasteiger partial charge in [-0.2, -0.15) is 4.98 Å². The van der Waals surface area contributed by atoms with Crippen LogP contribution >= 0.6 is 0 Å². The maximum atomic E-state index is 4.98. The predicted molar refractivity (Wildman–Crippen MR) is 58.7 cm³/mol. The van der Waals surface area contributed by atoms with Crippen molar-refractivity contribution in [2.75, 3.05) is 6.54 Å². The van der Waals surface area contributed by atoms with Crippen molar-refractivity contribution in [2.45, 2.75) is 19.9 Å². The summed E-state index contributed by atoms with van der Waals surface area (Å²) >= 11 is 0. The van der Waals surface area contributed by atoms with Crippen molar-refractivity contribution in [2.24, 2.45) is 0 Å². The Morgan fingerprint density at radius 2 is 2.31 bits per heavy atom. The molecule has 0 aliphatic carbocycles. The SMILES string of the molecule is Cc1noc(CNCCc2ccccn2)n1. The van der Waals surface area contributed by atoms with Crippen molar-refractivity contribution in [3.63, 3.8) is 0 Å².